The van der Waals surface area contributed by atoms with E-state index in [2.05, 4.69) is 5.32 Å². The van der Waals surface area contributed by atoms with E-state index in [1.54, 1.807) is 4.72 Å². The monoisotopic (exact) mass is 246 g/mol. The van der Waals surface area contributed by atoms with Gasteiger partial charge in [0, 0.05) is 0 Å². The van der Waals surface area contributed by atoms with Crippen LogP contribution in [-0.2, 0) is 10.0 Å². The lowest BCUT2D eigenvalue weighted by molar-refractivity contribution is -0.197. The van der Waals surface area contributed by atoms with Crippen LogP contribution in [0.1, 0.15) is 12.8 Å². The fourth-order valence-corrected chi connectivity index (χ4v) is 2.68. The molecule has 2 N–H and O–H groups in total. The molecule has 15 heavy (non-hydrogen) atoms. The molecule has 0 saturated carbocycles. The van der Waals surface area contributed by atoms with Crippen molar-refractivity contribution < 1.29 is 21.6 Å². The van der Waals surface area contributed by atoms with Gasteiger partial charge in [0.1, 0.15) is 5.54 Å². The molecule has 0 bridgehead atoms. The maximum Gasteiger partial charge on any atom is 0.407 e. The third-order valence-corrected chi connectivity index (χ3v) is 3.14. The van der Waals surface area contributed by atoms with Gasteiger partial charge in [-0.2, -0.15) is 13.2 Å². The fourth-order valence-electron chi connectivity index (χ4n) is 1.65. The number of sulfonamides is 1. The number of piperidine rings is 1. The highest BCUT2D eigenvalue weighted by Crippen LogP contribution is 2.37. The summed E-state index contributed by atoms with van der Waals surface area (Å²) in [5, 5.41) is 2.76. The molecule has 8 heteroatoms. The molecule has 0 aromatic rings. The van der Waals surface area contributed by atoms with E-state index in [1.807, 2.05) is 0 Å². The van der Waals surface area contributed by atoms with E-state index in [4.69, 9.17) is 0 Å². The molecule has 1 aliphatic heterocycles. The first-order valence-electron chi connectivity index (χ1n) is 4.43. The Hall–Kier alpha value is -0.340. The minimum Gasteiger partial charge on any atom is -0.317 e. The van der Waals surface area contributed by atoms with Crippen LogP contribution in [0, 0.1) is 0 Å². The lowest BCUT2D eigenvalue weighted by Gasteiger charge is -2.38. The van der Waals surface area contributed by atoms with Crippen molar-refractivity contribution in [2.24, 2.45) is 0 Å². The van der Waals surface area contributed by atoms with Crippen LogP contribution in [0.2, 0.25) is 0 Å². The molecule has 0 radical (unpaired) electrons. The maximum atomic E-state index is 12.8. The van der Waals surface area contributed by atoms with E-state index in [0.29, 0.717) is 0 Å². The van der Waals surface area contributed by atoms with Gasteiger partial charge in [-0.3, -0.25) is 0 Å². The Morgan fingerprint density at radius 2 is 1.73 bits per heavy atom. The standard InChI is InChI=1S/C7H13F3N2O2S/c1-15(13,14)12-6(7(8,9)10)2-4-11-5-3-6/h11-12H,2-5H2,1H3. The Bertz CT molecular complexity index is 320. The van der Waals surface area contributed by atoms with Crippen molar-refractivity contribution in [1.82, 2.24) is 10.0 Å². The minimum atomic E-state index is -4.56. The molecule has 1 rings (SSSR count). The SMILES string of the molecule is CS(=O)(=O)NC1(C(F)(F)F)CCNCC1. The highest BCUT2D eigenvalue weighted by atomic mass is 32.2. The van der Waals surface area contributed by atoms with Gasteiger partial charge in [0.15, 0.2) is 0 Å². The normalized spacial score (nSPS) is 22.7. The van der Waals surface area contributed by atoms with Crippen LogP contribution in [0.15, 0.2) is 0 Å². The Morgan fingerprint density at radius 3 is 2.07 bits per heavy atom. The summed E-state index contributed by atoms with van der Waals surface area (Å²) in [5.41, 5.74) is -2.30. The third-order valence-electron chi connectivity index (χ3n) is 2.38. The largest absolute Gasteiger partial charge is 0.407 e. The molecule has 0 aromatic carbocycles. The zero-order chi connectivity index (χ0) is 11.7. The molecule has 0 unspecified atom stereocenters. The lowest BCUT2D eigenvalue weighted by atomic mass is 9.89. The van der Waals surface area contributed by atoms with Crippen LogP contribution in [0.25, 0.3) is 0 Å². The number of halogens is 3. The van der Waals surface area contributed by atoms with E-state index in [9.17, 15) is 21.6 Å². The smallest absolute Gasteiger partial charge is 0.317 e. The number of hydrogen-bond donors (Lipinski definition) is 2. The van der Waals surface area contributed by atoms with Crippen LogP contribution < -0.4 is 10.0 Å². The van der Waals surface area contributed by atoms with Gasteiger partial charge in [-0.15, -0.1) is 0 Å². The van der Waals surface area contributed by atoms with Crippen LogP contribution in [0.4, 0.5) is 13.2 Å². The Labute approximate surface area is 86.3 Å². The molecule has 1 saturated heterocycles. The zero-order valence-corrected chi connectivity index (χ0v) is 9.00. The van der Waals surface area contributed by atoms with Gasteiger partial charge < -0.3 is 5.32 Å². The Kier molecular flexibility index (Phi) is 3.32. The van der Waals surface area contributed by atoms with E-state index in [0.717, 1.165) is 6.26 Å². The summed E-state index contributed by atoms with van der Waals surface area (Å²) in [4.78, 5) is 0. The van der Waals surface area contributed by atoms with Crippen LogP contribution in [0.3, 0.4) is 0 Å². The topological polar surface area (TPSA) is 58.2 Å². The molecule has 0 aromatic heterocycles. The highest BCUT2D eigenvalue weighted by molar-refractivity contribution is 7.88. The average molecular weight is 246 g/mol. The van der Waals surface area contributed by atoms with Crippen molar-refractivity contribution in [2.45, 2.75) is 24.6 Å². The molecule has 90 valence electrons. The zero-order valence-electron chi connectivity index (χ0n) is 8.19. The van der Waals surface area contributed by atoms with Gasteiger partial charge in [-0.05, 0) is 25.9 Å². The van der Waals surface area contributed by atoms with Crippen molar-refractivity contribution in [3.63, 3.8) is 0 Å². The number of rotatable bonds is 2. The van der Waals surface area contributed by atoms with Crippen LogP contribution in [-0.4, -0.2) is 39.5 Å². The van der Waals surface area contributed by atoms with Crippen LogP contribution in [0.5, 0.6) is 0 Å². The van der Waals surface area contributed by atoms with Gasteiger partial charge in [-0.1, -0.05) is 0 Å². The van der Waals surface area contributed by atoms with Crippen molar-refractivity contribution in [1.29, 1.82) is 0 Å². The van der Waals surface area contributed by atoms with Gasteiger partial charge in [0.2, 0.25) is 10.0 Å². The first-order chi connectivity index (χ1) is 6.66. The van der Waals surface area contributed by atoms with E-state index in [1.165, 1.54) is 0 Å². The molecule has 0 amide bonds. The number of hydrogen-bond acceptors (Lipinski definition) is 3. The quantitative estimate of drug-likeness (QED) is 0.733. The fraction of sp³-hybridized carbons (Fsp3) is 1.00. The van der Waals surface area contributed by atoms with Gasteiger partial charge >= 0.3 is 6.18 Å². The first kappa shape index (κ1) is 12.7. The summed E-state index contributed by atoms with van der Waals surface area (Å²) in [6.07, 6.45) is -4.37. The van der Waals surface area contributed by atoms with Gasteiger partial charge in [0.25, 0.3) is 0 Å². The molecule has 0 atom stereocenters. The molecule has 0 aliphatic carbocycles. The summed E-state index contributed by atoms with van der Waals surface area (Å²) >= 11 is 0. The Balaban J connectivity index is 2.96. The second kappa shape index (κ2) is 3.91. The highest BCUT2D eigenvalue weighted by Gasteiger charge is 2.56. The van der Waals surface area contributed by atoms with Crippen molar-refractivity contribution >= 4 is 10.0 Å². The van der Waals surface area contributed by atoms with Gasteiger partial charge in [-0.25, -0.2) is 13.1 Å². The molecule has 0 spiro atoms. The molecule has 1 heterocycles. The first-order valence-corrected chi connectivity index (χ1v) is 6.32. The van der Waals surface area contributed by atoms with Gasteiger partial charge in [0.05, 0.1) is 6.26 Å². The van der Waals surface area contributed by atoms with E-state index >= 15 is 0 Å². The molecular formula is C7H13F3N2O2S. The predicted molar refractivity (Wildman–Crippen MR) is 48.9 cm³/mol. The van der Waals surface area contributed by atoms with E-state index < -0.39 is 21.7 Å². The summed E-state index contributed by atoms with van der Waals surface area (Å²) in [7, 11) is -3.86. The van der Waals surface area contributed by atoms with Crippen molar-refractivity contribution in [2.75, 3.05) is 19.3 Å². The second-order valence-corrected chi connectivity index (χ2v) is 5.45. The third kappa shape index (κ3) is 3.05. The van der Waals surface area contributed by atoms with E-state index in [-0.39, 0.29) is 25.9 Å². The molecule has 1 fully saturated rings. The number of alkyl halides is 3. The molecule has 1 aliphatic rings. The number of nitrogens with one attached hydrogen (secondary N) is 2. The maximum absolute atomic E-state index is 12.8. The lowest BCUT2D eigenvalue weighted by Crippen LogP contribution is -2.62. The van der Waals surface area contributed by atoms with Crippen molar-refractivity contribution in [3.8, 4) is 0 Å². The molecular weight excluding hydrogens is 233 g/mol. The summed E-state index contributed by atoms with van der Waals surface area (Å²) < 4.78 is 61.9. The van der Waals surface area contributed by atoms with Crippen molar-refractivity contribution in [3.05, 3.63) is 0 Å². The summed E-state index contributed by atoms with van der Waals surface area (Å²) in [5.74, 6) is 0. The second-order valence-electron chi connectivity index (χ2n) is 3.70. The predicted octanol–water partition coefficient (Wildman–Crippen LogP) is 0.220. The summed E-state index contributed by atoms with van der Waals surface area (Å²) in [6, 6.07) is 0. The minimum absolute atomic E-state index is 0.155. The molecule has 4 nitrogen and oxygen atoms in total. The van der Waals surface area contributed by atoms with Crippen LogP contribution >= 0.6 is 0 Å². The average Bonchev–Trinajstić information content (AvgIpc) is 2.00. The Morgan fingerprint density at radius 1 is 1.27 bits per heavy atom. The summed E-state index contributed by atoms with van der Waals surface area (Å²) in [6.45, 7) is 0.310.